The van der Waals surface area contributed by atoms with E-state index in [0.717, 1.165) is 0 Å². The van der Waals surface area contributed by atoms with Crippen LogP contribution in [0.4, 0.5) is 13.2 Å². The van der Waals surface area contributed by atoms with Gasteiger partial charge in [-0.15, -0.1) is 0 Å². The van der Waals surface area contributed by atoms with Gasteiger partial charge in [0.1, 0.15) is 0 Å². The molecule has 88 valence electrons. The Morgan fingerprint density at radius 3 is 2.33 bits per heavy atom. The molecule has 0 rings (SSSR count). The fourth-order valence-corrected chi connectivity index (χ4v) is 0.486. The first-order valence-corrected chi connectivity index (χ1v) is 3.79. The molecule has 0 aliphatic heterocycles. The Morgan fingerprint density at radius 2 is 1.87 bits per heavy atom. The average molecular weight is 229 g/mol. The zero-order valence-corrected chi connectivity index (χ0v) is 7.56. The molecule has 0 saturated carbocycles. The lowest BCUT2D eigenvalue weighted by Gasteiger charge is -2.08. The number of hydrogen-bond donors (Lipinski definition) is 3. The van der Waals surface area contributed by atoms with Crippen molar-refractivity contribution in [1.82, 2.24) is 10.8 Å². The first-order chi connectivity index (χ1) is 6.85. The van der Waals surface area contributed by atoms with Gasteiger partial charge in [-0.25, -0.2) is 5.48 Å². The summed E-state index contributed by atoms with van der Waals surface area (Å²) in [7, 11) is 0. The van der Waals surface area contributed by atoms with E-state index in [2.05, 4.69) is 4.84 Å². The normalized spacial score (nSPS) is 10.9. The summed E-state index contributed by atoms with van der Waals surface area (Å²) in [5, 5.41) is 2.04. The molecule has 15 heavy (non-hydrogen) atoms. The first-order valence-electron chi connectivity index (χ1n) is 3.79. The second kappa shape index (κ2) is 6.19. The molecular formula is C6H10F3N3O3. The molecule has 6 nitrogen and oxygen atoms in total. The summed E-state index contributed by atoms with van der Waals surface area (Å²) in [6.07, 6.45) is -4.52. The van der Waals surface area contributed by atoms with Crippen molar-refractivity contribution in [3.8, 4) is 0 Å². The molecule has 2 amide bonds. The molecule has 0 heterocycles. The molecule has 0 aliphatic carbocycles. The standard InChI is InChI=1S/C6H10F3N3O3/c7-6(8,9)3-15-12-5(14)2-11-4(13)1-10/h1-3,10H2,(H,11,13)(H,12,14). The average Bonchev–Trinajstić information content (AvgIpc) is 2.12. The van der Waals surface area contributed by atoms with Crippen LogP contribution < -0.4 is 16.5 Å². The van der Waals surface area contributed by atoms with Crippen molar-refractivity contribution in [2.45, 2.75) is 6.18 Å². The van der Waals surface area contributed by atoms with Gasteiger partial charge < -0.3 is 11.1 Å². The third-order valence-electron chi connectivity index (χ3n) is 1.05. The molecular weight excluding hydrogens is 219 g/mol. The highest BCUT2D eigenvalue weighted by atomic mass is 19.4. The van der Waals surface area contributed by atoms with Crippen LogP contribution in [0.15, 0.2) is 0 Å². The number of rotatable bonds is 5. The summed E-state index contributed by atoms with van der Waals surface area (Å²) in [6.45, 7) is -2.39. The fourth-order valence-electron chi connectivity index (χ4n) is 0.486. The maximum Gasteiger partial charge on any atom is 0.414 e. The largest absolute Gasteiger partial charge is 0.414 e. The van der Waals surface area contributed by atoms with E-state index in [1.54, 1.807) is 0 Å². The van der Waals surface area contributed by atoms with Crippen molar-refractivity contribution in [2.75, 3.05) is 19.7 Å². The van der Waals surface area contributed by atoms with Gasteiger partial charge in [-0.05, 0) is 0 Å². The third-order valence-corrected chi connectivity index (χ3v) is 1.05. The van der Waals surface area contributed by atoms with Crippen LogP contribution in [0, 0.1) is 0 Å². The van der Waals surface area contributed by atoms with E-state index >= 15 is 0 Å². The van der Waals surface area contributed by atoms with Crippen molar-refractivity contribution in [2.24, 2.45) is 5.73 Å². The number of carbonyl (C=O) groups is 2. The van der Waals surface area contributed by atoms with E-state index in [1.807, 2.05) is 5.32 Å². The minimum atomic E-state index is -4.52. The first kappa shape index (κ1) is 13.7. The molecule has 0 aromatic carbocycles. The van der Waals surface area contributed by atoms with Gasteiger partial charge in [-0.1, -0.05) is 0 Å². The molecule has 0 radical (unpaired) electrons. The molecule has 0 aliphatic rings. The number of carbonyl (C=O) groups excluding carboxylic acids is 2. The molecule has 0 unspecified atom stereocenters. The van der Waals surface area contributed by atoms with E-state index in [9.17, 15) is 22.8 Å². The Morgan fingerprint density at radius 1 is 1.27 bits per heavy atom. The number of hydrogen-bond acceptors (Lipinski definition) is 4. The predicted octanol–water partition coefficient (Wildman–Crippen LogP) is -1.33. The van der Waals surface area contributed by atoms with Crippen LogP contribution >= 0.6 is 0 Å². The highest BCUT2D eigenvalue weighted by molar-refractivity contribution is 5.84. The second-order valence-electron chi connectivity index (χ2n) is 2.41. The molecule has 0 bridgehead atoms. The Kier molecular flexibility index (Phi) is 5.64. The van der Waals surface area contributed by atoms with Gasteiger partial charge in [0.25, 0.3) is 5.91 Å². The molecule has 0 atom stereocenters. The molecule has 0 fully saturated rings. The summed E-state index contributed by atoms with van der Waals surface area (Å²) in [5.74, 6) is -1.50. The molecule has 4 N–H and O–H groups in total. The second-order valence-corrected chi connectivity index (χ2v) is 2.41. The maximum atomic E-state index is 11.5. The van der Waals surface area contributed by atoms with Crippen molar-refractivity contribution in [1.29, 1.82) is 0 Å². The Bertz CT molecular complexity index is 231. The molecule has 0 aromatic heterocycles. The van der Waals surface area contributed by atoms with Crippen LogP contribution in [-0.2, 0) is 14.4 Å². The number of nitrogens with one attached hydrogen (secondary N) is 2. The van der Waals surface area contributed by atoms with Gasteiger partial charge in [0.05, 0.1) is 13.1 Å². The van der Waals surface area contributed by atoms with Gasteiger partial charge in [-0.2, -0.15) is 13.2 Å². The van der Waals surface area contributed by atoms with Crippen LogP contribution in [0.1, 0.15) is 0 Å². The Hall–Kier alpha value is -1.35. The van der Waals surface area contributed by atoms with Gasteiger partial charge in [0, 0.05) is 0 Å². The van der Waals surface area contributed by atoms with Crippen molar-refractivity contribution in [3.63, 3.8) is 0 Å². The van der Waals surface area contributed by atoms with E-state index in [1.165, 1.54) is 5.48 Å². The number of amides is 2. The van der Waals surface area contributed by atoms with Crippen LogP contribution in [0.5, 0.6) is 0 Å². The van der Waals surface area contributed by atoms with E-state index in [-0.39, 0.29) is 6.54 Å². The van der Waals surface area contributed by atoms with E-state index in [4.69, 9.17) is 5.73 Å². The smallest absolute Gasteiger partial charge is 0.346 e. The van der Waals surface area contributed by atoms with E-state index in [0.29, 0.717) is 0 Å². The third kappa shape index (κ3) is 8.97. The van der Waals surface area contributed by atoms with Gasteiger partial charge in [0.15, 0.2) is 6.61 Å². The van der Waals surface area contributed by atoms with Crippen LogP contribution in [0.2, 0.25) is 0 Å². The monoisotopic (exact) mass is 229 g/mol. The van der Waals surface area contributed by atoms with Gasteiger partial charge >= 0.3 is 6.18 Å². The van der Waals surface area contributed by atoms with Crippen LogP contribution in [0.3, 0.4) is 0 Å². The molecule has 9 heteroatoms. The summed E-state index contributed by atoms with van der Waals surface area (Å²) < 4.78 is 34.5. The summed E-state index contributed by atoms with van der Waals surface area (Å²) in [5.41, 5.74) is 6.40. The summed E-state index contributed by atoms with van der Waals surface area (Å²) in [4.78, 5) is 25.0. The maximum absolute atomic E-state index is 11.5. The van der Waals surface area contributed by atoms with Gasteiger partial charge in [0.2, 0.25) is 5.91 Å². The number of nitrogens with two attached hydrogens (primary N) is 1. The van der Waals surface area contributed by atoms with Crippen molar-refractivity contribution in [3.05, 3.63) is 0 Å². The minimum absolute atomic E-state index is 0.309. The lowest BCUT2D eigenvalue weighted by atomic mass is 10.5. The number of hydroxylamine groups is 1. The number of alkyl halides is 3. The fraction of sp³-hybridized carbons (Fsp3) is 0.667. The summed E-state index contributed by atoms with van der Waals surface area (Å²) >= 11 is 0. The highest BCUT2D eigenvalue weighted by Crippen LogP contribution is 2.13. The lowest BCUT2D eigenvalue weighted by molar-refractivity contribution is -0.191. The van der Waals surface area contributed by atoms with E-state index < -0.39 is 31.1 Å². The van der Waals surface area contributed by atoms with Crippen LogP contribution in [0.25, 0.3) is 0 Å². The van der Waals surface area contributed by atoms with Crippen molar-refractivity contribution >= 4 is 11.8 Å². The quantitative estimate of drug-likeness (QED) is 0.509. The molecule has 0 saturated heterocycles. The lowest BCUT2D eigenvalue weighted by Crippen LogP contribution is -2.40. The Labute approximate surface area is 82.9 Å². The topological polar surface area (TPSA) is 93.5 Å². The zero-order chi connectivity index (χ0) is 11.9. The number of halogens is 3. The van der Waals surface area contributed by atoms with Crippen LogP contribution in [-0.4, -0.2) is 37.7 Å². The SMILES string of the molecule is NCC(=O)NCC(=O)NOCC(F)(F)F. The molecule has 0 spiro atoms. The highest BCUT2D eigenvalue weighted by Gasteiger charge is 2.28. The zero-order valence-electron chi connectivity index (χ0n) is 7.56. The molecule has 0 aromatic rings. The van der Waals surface area contributed by atoms with Gasteiger partial charge in [-0.3, -0.25) is 14.4 Å². The Balaban J connectivity index is 3.54. The van der Waals surface area contributed by atoms with Crippen molar-refractivity contribution < 1.29 is 27.6 Å². The summed E-state index contributed by atoms with van der Waals surface area (Å²) in [6, 6.07) is 0. The minimum Gasteiger partial charge on any atom is -0.346 e. The predicted molar refractivity (Wildman–Crippen MR) is 42.2 cm³/mol.